The van der Waals surface area contributed by atoms with E-state index in [1.807, 2.05) is 13.8 Å². The molecule has 1 heterocycles. The van der Waals surface area contributed by atoms with Gasteiger partial charge in [-0.05, 0) is 183 Å². The molecule has 1 aliphatic heterocycles. The number of hydrogen-bond acceptors (Lipinski definition) is 17. The van der Waals surface area contributed by atoms with Gasteiger partial charge < -0.3 is 87.1 Å². The molecule has 27 heteroatoms. The lowest BCUT2D eigenvalue weighted by Gasteiger charge is -2.28. The Kier molecular flexibility index (Phi) is 29.8. The maximum Gasteiger partial charge on any atom is 0.408 e. The topological polar surface area (TPSA) is 378 Å². The van der Waals surface area contributed by atoms with E-state index in [1.54, 1.807) is 140 Å². The minimum Gasteiger partial charge on any atom is -0.508 e. The molecule has 0 saturated heterocycles. The van der Waals surface area contributed by atoms with Gasteiger partial charge in [0.1, 0.15) is 64.0 Å². The lowest BCUT2D eigenvalue weighted by Crippen LogP contribution is -2.59. The first-order valence-electron chi connectivity index (χ1n) is 31.4. The summed E-state index contributed by atoms with van der Waals surface area (Å²) >= 11 is 0. The smallest absolute Gasteiger partial charge is 0.408 e. The van der Waals surface area contributed by atoms with Crippen LogP contribution in [-0.2, 0) is 60.5 Å². The number of amides is 10. The average Bonchev–Trinajstić information content (AvgIpc) is 1.19. The van der Waals surface area contributed by atoms with Crippen LogP contribution in [0.3, 0.4) is 0 Å². The minimum absolute atomic E-state index is 0.0610. The maximum absolute atomic E-state index is 14.8. The molecule has 2 aromatic carbocycles. The molecule has 0 unspecified atom stereocenters. The third-order valence-corrected chi connectivity index (χ3v) is 13.1. The molecule has 0 aromatic heterocycles. The van der Waals surface area contributed by atoms with Crippen LogP contribution in [-0.4, -0.2) is 167 Å². The zero-order chi connectivity index (χ0) is 69.5. The fourth-order valence-corrected chi connectivity index (χ4v) is 9.18. The molecule has 4 bridgehead atoms. The molecule has 12 N–H and O–H groups in total. The van der Waals surface area contributed by atoms with Crippen molar-refractivity contribution in [2.45, 2.75) is 246 Å². The number of carbonyl (C=O) groups is 10. The monoisotopic (exact) mass is 1300 g/mol. The van der Waals surface area contributed by atoms with Gasteiger partial charge in [0, 0.05) is 51.5 Å². The highest BCUT2D eigenvalue weighted by Gasteiger charge is 2.35. The van der Waals surface area contributed by atoms with Gasteiger partial charge in [0.15, 0.2) is 0 Å². The van der Waals surface area contributed by atoms with Gasteiger partial charge in [-0.2, -0.15) is 0 Å². The second-order valence-corrected chi connectivity index (χ2v) is 28.4. The SMILES string of the molecule is CC(C)C[C@H](NC(=O)[C@@H]1Cc2cccc(c2)-c2ccc(O)c(c2)C[C@H](NC(=O)OC(C)(C)C)C(=O)N[C@@H](C[C@@H](O)CNC(=O)OC(C)(C)C)C(=O)N1)C(=O)NCCCC[C@H](NC(=O)OC(C)(C)C)C(=O)NC[C@H](CCCNC(=O)OC(C)(C)C)NC(=O)OC(C)(C)C. The van der Waals surface area contributed by atoms with E-state index < -0.39 is 143 Å². The number of phenolic OH excluding ortho intramolecular Hbond substituents is 1. The van der Waals surface area contributed by atoms with E-state index in [2.05, 4.69) is 53.2 Å². The Hall–Kier alpha value is -8.10. The van der Waals surface area contributed by atoms with Gasteiger partial charge in [-0.3, -0.25) is 24.0 Å². The van der Waals surface area contributed by atoms with Crippen LogP contribution in [0.5, 0.6) is 5.75 Å². The lowest BCUT2D eigenvalue weighted by molar-refractivity contribution is -0.134. The number of aromatic hydroxyl groups is 1. The van der Waals surface area contributed by atoms with Gasteiger partial charge >= 0.3 is 30.5 Å². The molecule has 1 aliphatic rings. The van der Waals surface area contributed by atoms with Crippen LogP contribution >= 0.6 is 0 Å². The number of hydrogen-bond donors (Lipinski definition) is 12. The van der Waals surface area contributed by atoms with E-state index in [0.717, 1.165) is 0 Å². The van der Waals surface area contributed by atoms with Crippen LogP contribution in [0.1, 0.15) is 174 Å². The van der Waals surface area contributed by atoms with E-state index in [-0.39, 0.29) is 69.0 Å². The molecule has 7 atom stereocenters. The van der Waals surface area contributed by atoms with Crippen molar-refractivity contribution in [3.05, 3.63) is 53.6 Å². The van der Waals surface area contributed by atoms with Crippen LogP contribution < -0.4 is 53.2 Å². The maximum atomic E-state index is 14.8. The van der Waals surface area contributed by atoms with E-state index in [0.29, 0.717) is 36.0 Å². The van der Waals surface area contributed by atoms with Crippen molar-refractivity contribution in [1.82, 2.24) is 53.2 Å². The van der Waals surface area contributed by atoms with Crippen LogP contribution in [0, 0.1) is 5.92 Å². The van der Waals surface area contributed by atoms with Crippen LogP contribution in [0.2, 0.25) is 0 Å². The number of rotatable bonds is 24. The number of aliphatic hydroxyl groups excluding tert-OH is 1. The highest BCUT2D eigenvalue weighted by atomic mass is 16.6. The van der Waals surface area contributed by atoms with Crippen molar-refractivity contribution in [2.75, 3.05) is 26.2 Å². The Morgan fingerprint density at radius 2 is 1.10 bits per heavy atom. The van der Waals surface area contributed by atoms with Crippen LogP contribution in [0.15, 0.2) is 42.5 Å². The Labute approximate surface area is 541 Å². The average molecular weight is 1300 g/mol. The van der Waals surface area contributed by atoms with Crippen molar-refractivity contribution < 1.29 is 81.8 Å². The summed E-state index contributed by atoms with van der Waals surface area (Å²) in [6, 6.07) is 4.23. The van der Waals surface area contributed by atoms with Gasteiger partial charge in [-0.1, -0.05) is 44.2 Å². The number of aliphatic hydroxyl groups is 1. The van der Waals surface area contributed by atoms with Crippen molar-refractivity contribution in [3.63, 3.8) is 0 Å². The normalized spacial score (nSPS) is 17.0. The standard InChI is InChI=1S/C65H104N10O17/c1-38(2)30-46(52(79)66-28-19-18-25-45(74-59(86)91-64(12,13)14)51(78)68-36-43(70-58(85)90-63(9,10)11)24-21-29-67-56(83)88-61(3,4)5)71-53(80)47-32-39-22-20-23-40(31-39)41-26-27-50(77)42(33-41)34-48(75-60(87)92-65(15,16)17)54(81)73-49(55(82)72-47)35-44(76)37-69-57(84)89-62(6,7)8/h20,22-23,26-27,31,33,38,43-49,76-77H,18-19,21,24-25,28-30,32,34-37H2,1-17H3,(H,66,79)(H,67,83)(H,68,78)(H,69,84)(H,70,85)(H,71,80)(H,72,82)(H,73,81)(H,74,86)(H,75,87)/t43-,44+,45-,46-,47-,48-,49-/m0/s1. The molecule has 0 spiro atoms. The summed E-state index contributed by atoms with van der Waals surface area (Å²) in [7, 11) is 0. The number of nitrogens with one attached hydrogen (secondary N) is 10. The van der Waals surface area contributed by atoms with E-state index in [4.69, 9.17) is 23.7 Å². The third kappa shape index (κ3) is 32.3. The van der Waals surface area contributed by atoms with Crippen molar-refractivity contribution >= 4 is 60.0 Å². The molecule has 92 heavy (non-hydrogen) atoms. The summed E-state index contributed by atoms with van der Waals surface area (Å²) in [5, 5.41) is 49.4. The van der Waals surface area contributed by atoms with Crippen LogP contribution in [0.25, 0.3) is 11.1 Å². The summed E-state index contributed by atoms with van der Waals surface area (Å²) in [6.07, 6.45) is -5.07. The molecule has 3 rings (SSSR count). The van der Waals surface area contributed by atoms with Gasteiger partial charge in [-0.25, -0.2) is 24.0 Å². The summed E-state index contributed by atoms with van der Waals surface area (Å²) in [4.78, 5) is 136. The number of carbonyl (C=O) groups excluding carboxylic acids is 10. The van der Waals surface area contributed by atoms with Crippen molar-refractivity contribution in [2.24, 2.45) is 5.92 Å². The quantitative estimate of drug-likeness (QED) is 0.0404. The van der Waals surface area contributed by atoms with Crippen molar-refractivity contribution in [1.29, 1.82) is 0 Å². The minimum atomic E-state index is -1.64. The largest absolute Gasteiger partial charge is 0.508 e. The first-order chi connectivity index (χ1) is 42.4. The zero-order valence-electron chi connectivity index (χ0n) is 56.9. The number of alkyl carbamates (subject to hydrolysis) is 5. The number of benzene rings is 2. The second-order valence-electron chi connectivity index (χ2n) is 28.4. The molecular formula is C65H104N10O17. The summed E-state index contributed by atoms with van der Waals surface area (Å²) in [6.45, 7) is 28.6. The molecule has 0 fully saturated rings. The fourth-order valence-electron chi connectivity index (χ4n) is 9.18. The molecule has 516 valence electrons. The summed E-state index contributed by atoms with van der Waals surface area (Å²) in [5.74, 6) is -4.19. The summed E-state index contributed by atoms with van der Waals surface area (Å²) < 4.78 is 27.0. The number of fused-ring (bicyclic) bond motifs is 5. The molecule has 2 aromatic rings. The van der Waals surface area contributed by atoms with E-state index in [9.17, 15) is 58.2 Å². The molecule has 0 saturated carbocycles. The molecule has 10 amide bonds. The van der Waals surface area contributed by atoms with Gasteiger partial charge in [0.05, 0.1) is 6.10 Å². The zero-order valence-corrected chi connectivity index (χ0v) is 56.9. The molecule has 0 aliphatic carbocycles. The number of ether oxygens (including phenoxy) is 5. The Balaban J connectivity index is 1.92. The first kappa shape index (κ1) is 78.1. The highest BCUT2D eigenvalue weighted by molar-refractivity contribution is 5.96. The van der Waals surface area contributed by atoms with Gasteiger partial charge in [-0.15, -0.1) is 0 Å². The third-order valence-electron chi connectivity index (χ3n) is 13.1. The first-order valence-corrected chi connectivity index (χ1v) is 31.4. The van der Waals surface area contributed by atoms with E-state index in [1.165, 1.54) is 6.07 Å². The lowest BCUT2D eigenvalue weighted by atomic mass is 9.95. The predicted octanol–water partition coefficient (Wildman–Crippen LogP) is 6.32. The molecule has 27 nitrogen and oxygen atoms in total. The van der Waals surface area contributed by atoms with Crippen LogP contribution in [0.4, 0.5) is 24.0 Å². The summed E-state index contributed by atoms with van der Waals surface area (Å²) in [5.41, 5.74) is -2.29. The molecule has 0 radical (unpaired) electrons. The fraction of sp³-hybridized carbons (Fsp3) is 0.662. The number of phenols is 1. The van der Waals surface area contributed by atoms with Crippen molar-refractivity contribution in [3.8, 4) is 16.9 Å². The van der Waals surface area contributed by atoms with E-state index >= 15 is 0 Å². The Morgan fingerprint density at radius 1 is 0.554 bits per heavy atom. The van der Waals surface area contributed by atoms with Gasteiger partial charge in [0.25, 0.3) is 0 Å². The highest BCUT2D eigenvalue weighted by Crippen LogP contribution is 2.29. The molecular weight excluding hydrogens is 1190 g/mol. The second kappa shape index (κ2) is 35.1. The Morgan fingerprint density at radius 3 is 1.70 bits per heavy atom. The Bertz CT molecular complexity index is 2830. The predicted molar refractivity (Wildman–Crippen MR) is 344 cm³/mol. The van der Waals surface area contributed by atoms with Gasteiger partial charge in [0.2, 0.25) is 29.5 Å². The number of unbranched alkanes of at least 4 members (excludes halogenated alkanes) is 1.